The summed E-state index contributed by atoms with van der Waals surface area (Å²) in [5.41, 5.74) is 0.544. The first-order chi connectivity index (χ1) is 15.8. The minimum Gasteiger partial charge on any atom is -0.367 e. The quantitative estimate of drug-likeness (QED) is 0.439. The van der Waals surface area contributed by atoms with Gasteiger partial charge < -0.3 is 4.90 Å². The Hall–Kier alpha value is -3.75. The number of fused-ring (bicyclic) bond motifs is 4. The van der Waals surface area contributed by atoms with Crippen LogP contribution in [0.3, 0.4) is 0 Å². The smallest absolute Gasteiger partial charge is 0.331 e. The fourth-order valence-electron chi connectivity index (χ4n) is 5.49. The van der Waals surface area contributed by atoms with Crippen LogP contribution in [-0.2, 0) is 22.6 Å². The van der Waals surface area contributed by atoms with Crippen molar-refractivity contribution in [1.82, 2.24) is 10.2 Å². The van der Waals surface area contributed by atoms with Crippen molar-refractivity contribution >= 4 is 29.2 Å². The average molecular weight is 448 g/mol. The Labute approximate surface area is 190 Å². The number of carbonyl (C=O) groups is 3. The van der Waals surface area contributed by atoms with Crippen LogP contribution in [0.15, 0.2) is 48.5 Å². The summed E-state index contributed by atoms with van der Waals surface area (Å²) >= 11 is 0. The van der Waals surface area contributed by atoms with Crippen LogP contribution in [0.4, 0.5) is 16.2 Å². The molecule has 4 amide bonds. The van der Waals surface area contributed by atoms with E-state index < -0.39 is 34.2 Å². The first kappa shape index (κ1) is 21.1. The monoisotopic (exact) mass is 448 g/mol. The maximum atomic E-state index is 14.0. The van der Waals surface area contributed by atoms with Gasteiger partial charge in [-0.05, 0) is 36.0 Å². The maximum absolute atomic E-state index is 14.0. The molecule has 2 aromatic rings. The molecule has 0 saturated carbocycles. The molecule has 2 saturated heterocycles. The van der Waals surface area contributed by atoms with Crippen molar-refractivity contribution in [2.75, 3.05) is 11.4 Å². The molecule has 2 fully saturated rings. The van der Waals surface area contributed by atoms with Gasteiger partial charge in [-0.15, -0.1) is 0 Å². The number of nitro groups is 1. The highest BCUT2D eigenvalue weighted by molar-refractivity contribution is 6.20. The van der Waals surface area contributed by atoms with E-state index in [9.17, 15) is 24.5 Å². The number of hydrogen-bond donors (Lipinski definition) is 1. The third-order valence-electron chi connectivity index (χ3n) is 7.17. The molecule has 0 aromatic heterocycles. The predicted molar refractivity (Wildman–Crippen MR) is 119 cm³/mol. The van der Waals surface area contributed by atoms with Crippen molar-refractivity contribution in [3.05, 3.63) is 69.8 Å². The van der Waals surface area contributed by atoms with Gasteiger partial charge in [0.05, 0.1) is 17.5 Å². The Balaban J connectivity index is 1.62. The molecular weight excluding hydrogens is 424 g/mol. The lowest BCUT2D eigenvalue weighted by Gasteiger charge is -2.54. The predicted octanol–water partition coefficient (Wildman–Crippen LogP) is 3.02. The molecule has 9 nitrogen and oxygen atoms in total. The van der Waals surface area contributed by atoms with Gasteiger partial charge in [0.15, 0.2) is 5.41 Å². The number of rotatable bonds is 3. The van der Waals surface area contributed by atoms with E-state index in [1.165, 1.54) is 12.1 Å². The second-order valence-electron chi connectivity index (χ2n) is 9.19. The summed E-state index contributed by atoms with van der Waals surface area (Å²) in [6.07, 6.45) is 1.51. The van der Waals surface area contributed by atoms with Crippen molar-refractivity contribution in [3.63, 3.8) is 0 Å². The van der Waals surface area contributed by atoms with Crippen molar-refractivity contribution in [3.8, 4) is 0 Å². The lowest BCUT2D eigenvalue weighted by Crippen LogP contribution is -2.72. The lowest BCUT2D eigenvalue weighted by molar-refractivity contribution is -0.384. The Morgan fingerprint density at radius 1 is 1.15 bits per heavy atom. The maximum Gasteiger partial charge on any atom is 0.331 e. The number of imide groups is 2. The van der Waals surface area contributed by atoms with Crippen molar-refractivity contribution < 1.29 is 19.3 Å². The molecule has 3 atom stereocenters. The minimum absolute atomic E-state index is 0.0150. The topological polar surface area (TPSA) is 113 Å². The Kier molecular flexibility index (Phi) is 4.92. The van der Waals surface area contributed by atoms with E-state index in [0.29, 0.717) is 24.4 Å². The third-order valence-corrected chi connectivity index (χ3v) is 7.17. The van der Waals surface area contributed by atoms with Gasteiger partial charge in [-0.3, -0.25) is 29.9 Å². The molecule has 0 radical (unpaired) electrons. The zero-order valence-corrected chi connectivity index (χ0v) is 18.2. The zero-order valence-electron chi connectivity index (χ0n) is 18.2. The summed E-state index contributed by atoms with van der Waals surface area (Å²) in [5, 5.41) is 13.8. The zero-order chi connectivity index (χ0) is 23.3. The average Bonchev–Trinajstić information content (AvgIpc) is 2.80. The van der Waals surface area contributed by atoms with Gasteiger partial charge in [-0.1, -0.05) is 37.3 Å². The Morgan fingerprint density at radius 3 is 2.64 bits per heavy atom. The van der Waals surface area contributed by atoms with Crippen LogP contribution >= 0.6 is 0 Å². The fraction of sp³-hybridized carbons (Fsp3) is 0.375. The molecule has 3 aliphatic heterocycles. The summed E-state index contributed by atoms with van der Waals surface area (Å²) in [7, 11) is 0. The summed E-state index contributed by atoms with van der Waals surface area (Å²) in [6, 6.07) is 12.6. The normalized spacial score (nSPS) is 26.6. The molecule has 5 rings (SSSR count). The van der Waals surface area contributed by atoms with Crippen LogP contribution in [0.25, 0.3) is 0 Å². The number of nitro benzene ring substituents is 1. The van der Waals surface area contributed by atoms with E-state index in [2.05, 4.69) is 12.2 Å². The van der Waals surface area contributed by atoms with Gasteiger partial charge in [-0.2, -0.15) is 0 Å². The molecule has 1 N–H and O–H groups in total. The first-order valence-electron chi connectivity index (χ1n) is 11.1. The summed E-state index contributed by atoms with van der Waals surface area (Å²) in [6.45, 7) is 2.77. The van der Waals surface area contributed by atoms with Crippen LogP contribution in [0.1, 0.15) is 30.9 Å². The minimum atomic E-state index is -1.53. The molecule has 3 heterocycles. The largest absolute Gasteiger partial charge is 0.367 e. The number of nitrogens with one attached hydrogen (secondary N) is 1. The summed E-state index contributed by atoms with van der Waals surface area (Å²) in [5.74, 6) is -0.868. The molecule has 9 heteroatoms. The van der Waals surface area contributed by atoms with E-state index >= 15 is 0 Å². The molecule has 170 valence electrons. The Bertz CT molecular complexity index is 1170. The molecule has 1 spiro atoms. The van der Waals surface area contributed by atoms with E-state index in [0.717, 1.165) is 22.6 Å². The second kappa shape index (κ2) is 7.68. The third kappa shape index (κ3) is 3.26. The molecule has 3 aliphatic rings. The summed E-state index contributed by atoms with van der Waals surface area (Å²) in [4.78, 5) is 54.2. The molecule has 0 unspecified atom stereocenters. The SMILES string of the molecule is C[C@@H]1CCN2c3ccc([N+](=O)[O-])cc3C[C@@]3(C(=O)NC(=O)N(Cc4ccccc4)C3=O)[C@@H]2C1. The number of barbiturate groups is 1. The molecule has 33 heavy (non-hydrogen) atoms. The van der Waals surface area contributed by atoms with Crippen LogP contribution in [0.5, 0.6) is 0 Å². The van der Waals surface area contributed by atoms with Gasteiger partial charge in [0.25, 0.3) is 5.69 Å². The van der Waals surface area contributed by atoms with Crippen LogP contribution < -0.4 is 10.2 Å². The number of carbonyl (C=O) groups excluding carboxylic acids is 3. The number of urea groups is 1. The van der Waals surface area contributed by atoms with E-state index in [4.69, 9.17) is 0 Å². The highest BCUT2D eigenvalue weighted by atomic mass is 16.6. The van der Waals surface area contributed by atoms with Crippen molar-refractivity contribution in [2.45, 2.75) is 38.8 Å². The van der Waals surface area contributed by atoms with Crippen molar-refractivity contribution in [2.24, 2.45) is 11.3 Å². The van der Waals surface area contributed by atoms with Gasteiger partial charge in [0, 0.05) is 30.8 Å². The van der Waals surface area contributed by atoms with E-state index in [1.54, 1.807) is 6.07 Å². The number of non-ortho nitro benzene ring substituents is 1. The van der Waals surface area contributed by atoms with Crippen molar-refractivity contribution in [1.29, 1.82) is 0 Å². The number of piperidine rings is 1. The van der Waals surface area contributed by atoms with Gasteiger partial charge in [0.2, 0.25) is 11.8 Å². The summed E-state index contributed by atoms with van der Waals surface area (Å²) < 4.78 is 0. The lowest BCUT2D eigenvalue weighted by atomic mass is 9.64. The second-order valence-corrected chi connectivity index (χ2v) is 9.19. The van der Waals surface area contributed by atoms with Gasteiger partial charge in [0.1, 0.15) is 0 Å². The molecule has 0 bridgehead atoms. The Morgan fingerprint density at radius 2 is 1.91 bits per heavy atom. The molecule has 2 aromatic carbocycles. The number of nitrogens with zero attached hydrogens (tertiary/aromatic N) is 3. The molecular formula is C24H24N4O5. The standard InChI is InChI=1S/C24H24N4O5/c1-15-9-10-26-19-8-7-18(28(32)33)12-17(19)13-24(20(26)11-15)21(29)25-23(31)27(22(24)30)14-16-5-3-2-4-6-16/h2-8,12,15,20H,9-11,13-14H2,1H3,(H,25,29,31)/t15-,20+,24+/m1/s1. The fourth-order valence-corrected chi connectivity index (χ4v) is 5.49. The van der Waals surface area contributed by atoms with E-state index in [-0.39, 0.29) is 18.7 Å². The van der Waals surface area contributed by atoms with Gasteiger partial charge in [-0.25, -0.2) is 4.79 Å². The molecule has 0 aliphatic carbocycles. The van der Waals surface area contributed by atoms with Crippen LogP contribution in [0.2, 0.25) is 0 Å². The number of hydrogen-bond acceptors (Lipinski definition) is 6. The number of anilines is 1. The highest BCUT2D eigenvalue weighted by Gasteiger charge is 2.62. The number of benzene rings is 2. The number of amides is 4. The van der Waals surface area contributed by atoms with E-state index in [1.807, 2.05) is 35.2 Å². The first-order valence-corrected chi connectivity index (χ1v) is 11.1. The van der Waals surface area contributed by atoms with Crippen LogP contribution in [-0.4, -0.2) is 40.3 Å². The highest BCUT2D eigenvalue weighted by Crippen LogP contribution is 2.49. The van der Waals surface area contributed by atoms with Crippen LogP contribution in [0, 0.1) is 21.4 Å². The van der Waals surface area contributed by atoms with Gasteiger partial charge >= 0.3 is 6.03 Å².